The van der Waals surface area contributed by atoms with Crippen LogP contribution in [0.1, 0.15) is 15.9 Å². The van der Waals surface area contributed by atoms with Gasteiger partial charge in [0.15, 0.2) is 0 Å². The minimum absolute atomic E-state index is 0.313. The van der Waals surface area contributed by atoms with Crippen LogP contribution in [0.25, 0.3) is 0 Å². The zero-order valence-corrected chi connectivity index (χ0v) is 11.6. The first-order valence-corrected chi connectivity index (χ1v) is 6.30. The monoisotopic (exact) mass is 288 g/mol. The molecule has 0 radical (unpaired) electrons. The van der Waals surface area contributed by atoms with Crippen LogP contribution in [-0.2, 0) is 0 Å². The number of hydrogen-bond acceptors (Lipinski definition) is 3. The van der Waals surface area contributed by atoms with E-state index in [2.05, 4.69) is 10.5 Å². The zero-order chi connectivity index (χ0) is 14.4. The molecule has 102 valence electrons. The lowest BCUT2D eigenvalue weighted by Gasteiger charge is -2.03. The average Bonchev–Trinajstić information content (AvgIpc) is 2.49. The van der Waals surface area contributed by atoms with Crippen molar-refractivity contribution in [3.63, 3.8) is 0 Å². The maximum atomic E-state index is 11.9. The van der Waals surface area contributed by atoms with Crippen molar-refractivity contribution >= 4 is 23.7 Å². The van der Waals surface area contributed by atoms with Gasteiger partial charge in [0.1, 0.15) is 5.75 Å². The number of ether oxygens (including phenoxy) is 1. The quantitative estimate of drug-likeness (QED) is 0.694. The van der Waals surface area contributed by atoms with Gasteiger partial charge in [0, 0.05) is 16.1 Å². The van der Waals surface area contributed by atoms with Crippen molar-refractivity contribution in [2.75, 3.05) is 7.11 Å². The number of amides is 1. The van der Waals surface area contributed by atoms with Crippen molar-refractivity contribution in [1.82, 2.24) is 5.43 Å². The van der Waals surface area contributed by atoms with Crippen LogP contribution in [0.5, 0.6) is 5.75 Å². The van der Waals surface area contributed by atoms with Gasteiger partial charge in [-0.05, 0) is 24.3 Å². The van der Waals surface area contributed by atoms with Crippen molar-refractivity contribution in [3.05, 3.63) is 64.7 Å². The molecule has 0 fully saturated rings. The van der Waals surface area contributed by atoms with E-state index in [1.807, 2.05) is 18.2 Å². The molecule has 0 unspecified atom stereocenters. The molecule has 1 amide bonds. The van der Waals surface area contributed by atoms with Crippen LogP contribution in [0.4, 0.5) is 0 Å². The van der Waals surface area contributed by atoms with Gasteiger partial charge in [0.05, 0.1) is 13.3 Å². The van der Waals surface area contributed by atoms with Gasteiger partial charge in [0.2, 0.25) is 0 Å². The summed E-state index contributed by atoms with van der Waals surface area (Å²) >= 11 is 5.98. The molecule has 0 bridgehead atoms. The topological polar surface area (TPSA) is 50.7 Å². The largest absolute Gasteiger partial charge is 0.497 e. The maximum Gasteiger partial charge on any atom is 0.271 e. The van der Waals surface area contributed by atoms with E-state index < -0.39 is 0 Å². The summed E-state index contributed by atoms with van der Waals surface area (Å²) in [6.45, 7) is 0. The highest BCUT2D eigenvalue weighted by molar-refractivity contribution is 6.33. The number of hydrogen-bond donors (Lipinski definition) is 1. The molecule has 0 aromatic heterocycles. The number of nitrogens with one attached hydrogen (secondary N) is 1. The summed E-state index contributed by atoms with van der Waals surface area (Å²) in [5, 5.41) is 4.46. The second-order valence-corrected chi connectivity index (χ2v) is 4.36. The molecule has 4 nitrogen and oxygen atoms in total. The van der Waals surface area contributed by atoms with Crippen LogP contribution < -0.4 is 10.2 Å². The molecular weight excluding hydrogens is 276 g/mol. The summed E-state index contributed by atoms with van der Waals surface area (Å²) in [5.74, 6) is 0.305. The molecule has 0 saturated heterocycles. The zero-order valence-electron chi connectivity index (χ0n) is 10.8. The molecule has 0 aliphatic carbocycles. The average molecular weight is 289 g/mol. The third-order valence-electron chi connectivity index (χ3n) is 2.61. The van der Waals surface area contributed by atoms with E-state index in [9.17, 15) is 4.79 Å². The number of benzene rings is 2. The number of hydrazone groups is 1. The van der Waals surface area contributed by atoms with E-state index in [1.54, 1.807) is 37.4 Å². The molecule has 0 aliphatic heterocycles. The van der Waals surface area contributed by atoms with Gasteiger partial charge in [0.25, 0.3) is 5.91 Å². The van der Waals surface area contributed by atoms with Gasteiger partial charge in [-0.15, -0.1) is 0 Å². The molecule has 0 atom stereocenters. The lowest BCUT2D eigenvalue weighted by atomic mass is 10.2. The minimum atomic E-state index is -0.313. The Morgan fingerprint density at radius 2 is 2.05 bits per heavy atom. The molecule has 5 heteroatoms. The Kier molecular flexibility index (Phi) is 4.74. The molecule has 2 rings (SSSR count). The molecule has 2 aromatic carbocycles. The van der Waals surface area contributed by atoms with E-state index in [0.29, 0.717) is 16.3 Å². The molecule has 1 N–H and O–H groups in total. The van der Waals surface area contributed by atoms with Crippen LogP contribution >= 0.6 is 11.6 Å². The summed E-state index contributed by atoms with van der Waals surface area (Å²) in [7, 11) is 1.55. The Bertz CT molecular complexity index is 641. The van der Waals surface area contributed by atoms with E-state index in [-0.39, 0.29) is 5.91 Å². The van der Waals surface area contributed by atoms with E-state index in [1.165, 1.54) is 6.21 Å². The SMILES string of the molecule is COc1cccc(C(=O)NN=Cc2ccccc2Cl)c1. The third kappa shape index (κ3) is 3.59. The van der Waals surface area contributed by atoms with Crippen LogP contribution in [0.3, 0.4) is 0 Å². The van der Waals surface area contributed by atoms with Crippen molar-refractivity contribution in [1.29, 1.82) is 0 Å². The summed E-state index contributed by atoms with van der Waals surface area (Å²) in [6.07, 6.45) is 1.50. The van der Waals surface area contributed by atoms with Crippen molar-refractivity contribution in [2.24, 2.45) is 5.10 Å². The van der Waals surface area contributed by atoms with Crippen molar-refractivity contribution in [3.8, 4) is 5.75 Å². The Balaban J connectivity index is 2.03. The molecule has 20 heavy (non-hydrogen) atoms. The molecule has 0 saturated carbocycles. The van der Waals surface area contributed by atoms with Gasteiger partial charge >= 0.3 is 0 Å². The molecule has 0 aliphatic rings. The predicted octanol–water partition coefficient (Wildman–Crippen LogP) is 3.11. The summed E-state index contributed by atoms with van der Waals surface area (Å²) in [5.41, 5.74) is 3.65. The Morgan fingerprint density at radius 1 is 1.25 bits per heavy atom. The van der Waals surface area contributed by atoms with Crippen LogP contribution in [-0.4, -0.2) is 19.2 Å². The van der Waals surface area contributed by atoms with Gasteiger partial charge < -0.3 is 4.74 Å². The minimum Gasteiger partial charge on any atom is -0.497 e. The van der Waals surface area contributed by atoms with Crippen LogP contribution in [0.15, 0.2) is 53.6 Å². The summed E-state index contributed by atoms with van der Waals surface area (Å²) in [6, 6.07) is 14.1. The van der Waals surface area contributed by atoms with Gasteiger partial charge in [-0.3, -0.25) is 4.79 Å². The third-order valence-corrected chi connectivity index (χ3v) is 2.95. The Hall–Kier alpha value is -2.33. The Morgan fingerprint density at radius 3 is 2.80 bits per heavy atom. The van der Waals surface area contributed by atoms with Crippen LogP contribution in [0, 0.1) is 0 Å². The normalized spacial score (nSPS) is 10.5. The second kappa shape index (κ2) is 6.73. The van der Waals surface area contributed by atoms with Crippen molar-refractivity contribution < 1.29 is 9.53 Å². The fraction of sp³-hybridized carbons (Fsp3) is 0.0667. The highest BCUT2D eigenvalue weighted by atomic mass is 35.5. The maximum absolute atomic E-state index is 11.9. The number of nitrogens with zero attached hydrogens (tertiary/aromatic N) is 1. The number of carbonyl (C=O) groups excluding carboxylic acids is 1. The lowest BCUT2D eigenvalue weighted by molar-refractivity contribution is 0.0955. The summed E-state index contributed by atoms with van der Waals surface area (Å²) in [4.78, 5) is 11.9. The van der Waals surface area contributed by atoms with E-state index in [0.717, 1.165) is 5.56 Å². The molecular formula is C15H13ClN2O2. The Labute approximate surface area is 122 Å². The highest BCUT2D eigenvalue weighted by Crippen LogP contribution is 2.13. The van der Waals surface area contributed by atoms with E-state index >= 15 is 0 Å². The standard InChI is InChI=1S/C15H13ClN2O2/c1-20-13-7-4-6-11(9-13)15(19)18-17-10-12-5-2-3-8-14(12)16/h2-10H,1H3,(H,18,19). The fourth-order valence-electron chi connectivity index (χ4n) is 1.57. The first kappa shape index (κ1) is 14.1. The smallest absolute Gasteiger partial charge is 0.271 e. The van der Waals surface area contributed by atoms with Crippen molar-refractivity contribution in [2.45, 2.75) is 0 Å². The molecule has 0 spiro atoms. The number of carbonyl (C=O) groups is 1. The number of halogens is 1. The lowest BCUT2D eigenvalue weighted by Crippen LogP contribution is -2.17. The van der Waals surface area contributed by atoms with Gasteiger partial charge in [-0.25, -0.2) is 5.43 Å². The highest BCUT2D eigenvalue weighted by Gasteiger charge is 2.05. The first-order valence-electron chi connectivity index (χ1n) is 5.92. The molecule has 2 aromatic rings. The number of methoxy groups -OCH3 is 1. The fourth-order valence-corrected chi connectivity index (χ4v) is 1.75. The van der Waals surface area contributed by atoms with Gasteiger partial charge in [-0.1, -0.05) is 35.9 Å². The second-order valence-electron chi connectivity index (χ2n) is 3.95. The number of rotatable bonds is 4. The van der Waals surface area contributed by atoms with Crippen LogP contribution in [0.2, 0.25) is 5.02 Å². The molecule has 0 heterocycles. The first-order chi connectivity index (χ1) is 9.70. The predicted molar refractivity (Wildman–Crippen MR) is 79.5 cm³/mol. The summed E-state index contributed by atoms with van der Waals surface area (Å²) < 4.78 is 5.06. The van der Waals surface area contributed by atoms with E-state index in [4.69, 9.17) is 16.3 Å². The van der Waals surface area contributed by atoms with Gasteiger partial charge in [-0.2, -0.15) is 5.10 Å².